The fourth-order valence-corrected chi connectivity index (χ4v) is 1.78. The van der Waals surface area contributed by atoms with Crippen LogP contribution in [0.3, 0.4) is 0 Å². The maximum atomic E-state index is 5.26. The highest BCUT2D eigenvalue weighted by Gasteiger charge is 2.39. The van der Waals surface area contributed by atoms with Crippen LogP contribution in [0.15, 0.2) is 11.5 Å². The molecular weight excluding hydrogens is 174 g/mol. The first-order chi connectivity index (χ1) is 5.70. The summed E-state index contributed by atoms with van der Waals surface area (Å²) in [6, 6.07) is 0. The summed E-state index contributed by atoms with van der Waals surface area (Å²) in [4.78, 5) is 0. The van der Waals surface area contributed by atoms with Crippen molar-refractivity contribution in [2.45, 2.75) is 17.7 Å². The van der Waals surface area contributed by atoms with Gasteiger partial charge in [0.25, 0.3) is 0 Å². The van der Waals surface area contributed by atoms with Crippen LogP contribution in [0.2, 0.25) is 0 Å². The quantitative estimate of drug-likeness (QED) is 0.513. The second-order valence-electron chi connectivity index (χ2n) is 3.25. The molecule has 4 nitrogen and oxygen atoms in total. The van der Waals surface area contributed by atoms with E-state index in [4.69, 9.17) is 4.74 Å². The van der Waals surface area contributed by atoms with Crippen molar-refractivity contribution in [3.05, 3.63) is 6.33 Å². The van der Waals surface area contributed by atoms with Gasteiger partial charge in [-0.3, -0.25) is 0 Å². The summed E-state index contributed by atoms with van der Waals surface area (Å²) in [6.45, 7) is 2.98. The van der Waals surface area contributed by atoms with Crippen LogP contribution < -0.4 is 0 Å². The lowest BCUT2D eigenvalue weighted by Crippen LogP contribution is -2.08. The van der Waals surface area contributed by atoms with Gasteiger partial charge in [-0.1, -0.05) is 11.8 Å². The molecule has 66 valence electrons. The summed E-state index contributed by atoms with van der Waals surface area (Å²) in [7, 11) is 1.94. The van der Waals surface area contributed by atoms with E-state index in [2.05, 4.69) is 17.1 Å². The van der Waals surface area contributed by atoms with E-state index in [1.54, 1.807) is 18.1 Å². The van der Waals surface area contributed by atoms with Crippen LogP contribution in [0, 0.1) is 0 Å². The molecule has 0 saturated carbocycles. The van der Waals surface area contributed by atoms with Crippen molar-refractivity contribution in [3.8, 4) is 0 Å². The lowest BCUT2D eigenvalue weighted by atomic mass is 10.3. The van der Waals surface area contributed by atoms with Gasteiger partial charge in [0.05, 0.1) is 12.2 Å². The minimum atomic E-state index is 0.0939. The standard InChI is InChI=1S/C7H11N3OS/c1-7(3-11-7)4-12-6-9-8-5-10(6)2/h5H,3-4H2,1-2H3. The van der Waals surface area contributed by atoms with E-state index >= 15 is 0 Å². The number of hydrogen-bond acceptors (Lipinski definition) is 4. The molecule has 0 spiro atoms. The first-order valence-corrected chi connectivity index (χ1v) is 4.79. The van der Waals surface area contributed by atoms with Gasteiger partial charge in [0, 0.05) is 12.8 Å². The molecule has 2 rings (SSSR count). The van der Waals surface area contributed by atoms with E-state index < -0.39 is 0 Å². The molecule has 1 aromatic rings. The van der Waals surface area contributed by atoms with Crippen LogP contribution in [0.5, 0.6) is 0 Å². The maximum absolute atomic E-state index is 5.26. The summed E-state index contributed by atoms with van der Waals surface area (Å²) in [6.07, 6.45) is 1.71. The van der Waals surface area contributed by atoms with Gasteiger partial charge in [-0.05, 0) is 6.92 Å². The summed E-state index contributed by atoms with van der Waals surface area (Å²) < 4.78 is 7.17. The van der Waals surface area contributed by atoms with Gasteiger partial charge in [0.1, 0.15) is 6.33 Å². The lowest BCUT2D eigenvalue weighted by Gasteiger charge is -2.02. The molecular formula is C7H11N3OS. The third kappa shape index (κ3) is 1.61. The molecule has 0 aliphatic carbocycles. The van der Waals surface area contributed by atoms with Gasteiger partial charge in [-0.15, -0.1) is 10.2 Å². The zero-order valence-electron chi connectivity index (χ0n) is 7.15. The van der Waals surface area contributed by atoms with Crippen LogP contribution in [0.1, 0.15) is 6.92 Å². The predicted octanol–water partition coefficient (Wildman–Crippen LogP) is 0.696. The molecule has 1 aliphatic heterocycles. The van der Waals surface area contributed by atoms with Crippen LogP contribution >= 0.6 is 11.8 Å². The molecule has 1 aromatic heterocycles. The molecule has 0 amide bonds. The number of ether oxygens (including phenoxy) is 1. The molecule has 1 saturated heterocycles. The second-order valence-corrected chi connectivity index (χ2v) is 4.19. The van der Waals surface area contributed by atoms with Crippen molar-refractivity contribution < 1.29 is 4.74 Å². The molecule has 0 aromatic carbocycles. The number of aromatic nitrogens is 3. The number of nitrogens with zero attached hydrogens (tertiary/aromatic N) is 3. The molecule has 1 atom stereocenters. The Kier molecular flexibility index (Phi) is 1.84. The average Bonchev–Trinajstić information content (AvgIpc) is 2.61. The van der Waals surface area contributed by atoms with Crippen molar-refractivity contribution in [3.63, 3.8) is 0 Å². The molecule has 5 heteroatoms. The summed E-state index contributed by atoms with van der Waals surface area (Å²) in [5, 5.41) is 8.71. The van der Waals surface area contributed by atoms with Crippen LogP contribution in [-0.2, 0) is 11.8 Å². The maximum Gasteiger partial charge on any atom is 0.190 e. The predicted molar refractivity (Wildman–Crippen MR) is 46.1 cm³/mol. The summed E-state index contributed by atoms with van der Waals surface area (Å²) >= 11 is 1.69. The van der Waals surface area contributed by atoms with Crippen molar-refractivity contribution in [1.82, 2.24) is 14.8 Å². The Morgan fingerprint density at radius 2 is 2.58 bits per heavy atom. The minimum Gasteiger partial charge on any atom is -0.369 e. The largest absolute Gasteiger partial charge is 0.369 e. The molecule has 0 bridgehead atoms. The van der Waals surface area contributed by atoms with E-state index in [0.717, 1.165) is 17.5 Å². The van der Waals surface area contributed by atoms with Crippen molar-refractivity contribution in [2.75, 3.05) is 12.4 Å². The minimum absolute atomic E-state index is 0.0939. The number of aryl methyl sites for hydroxylation is 1. The highest BCUT2D eigenvalue weighted by atomic mass is 32.2. The molecule has 12 heavy (non-hydrogen) atoms. The van der Waals surface area contributed by atoms with Crippen molar-refractivity contribution in [2.24, 2.45) is 7.05 Å². The molecule has 0 radical (unpaired) electrons. The Morgan fingerprint density at radius 1 is 1.83 bits per heavy atom. The summed E-state index contributed by atoms with van der Waals surface area (Å²) in [5.74, 6) is 0.958. The number of hydrogen-bond donors (Lipinski definition) is 0. The zero-order valence-corrected chi connectivity index (χ0v) is 7.97. The van der Waals surface area contributed by atoms with Crippen LogP contribution in [-0.4, -0.2) is 32.7 Å². The highest BCUT2D eigenvalue weighted by molar-refractivity contribution is 7.99. The van der Waals surface area contributed by atoms with E-state index in [0.29, 0.717) is 0 Å². The van der Waals surface area contributed by atoms with Gasteiger partial charge >= 0.3 is 0 Å². The summed E-state index contributed by atoms with van der Waals surface area (Å²) in [5.41, 5.74) is 0.0939. The molecule has 0 N–H and O–H groups in total. The van der Waals surface area contributed by atoms with E-state index in [1.807, 2.05) is 11.6 Å². The van der Waals surface area contributed by atoms with Crippen LogP contribution in [0.25, 0.3) is 0 Å². The third-order valence-corrected chi connectivity index (χ3v) is 3.20. The Balaban J connectivity index is 1.91. The van der Waals surface area contributed by atoms with E-state index in [-0.39, 0.29) is 5.60 Å². The lowest BCUT2D eigenvalue weighted by molar-refractivity contribution is 0.348. The fraction of sp³-hybridized carbons (Fsp3) is 0.714. The fourth-order valence-electron chi connectivity index (χ4n) is 0.827. The zero-order chi connectivity index (χ0) is 8.60. The normalized spacial score (nSPS) is 27.5. The van der Waals surface area contributed by atoms with Gasteiger partial charge in [0.15, 0.2) is 5.16 Å². The Bertz CT molecular complexity index is 282. The first kappa shape index (κ1) is 8.07. The first-order valence-electron chi connectivity index (χ1n) is 3.80. The number of thioether (sulfide) groups is 1. The van der Waals surface area contributed by atoms with Crippen molar-refractivity contribution in [1.29, 1.82) is 0 Å². The number of epoxide rings is 1. The van der Waals surface area contributed by atoms with Crippen LogP contribution in [0.4, 0.5) is 0 Å². The molecule has 2 heterocycles. The Morgan fingerprint density at radius 3 is 3.08 bits per heavy atom. The SMILES string of the molecule is Cn1cnnc1SCC1(C)CO1. The topological polar surface area (TPSA) is 43.2 Å². The molecule has 1 unspecified atom stereocenters. The van der Waals surface area contributed by atoms with Gasteiger partial charge in [-0.2, -0.15) is 0 Å². The van der Waals surface area contributed by atoms with Gasteiger partial charge in [0.2, 0.25) is 0 Å². The molecule has 1 fully saturated rings. The number of rotatable bonds is 3. The highest BCUT2D eigenvalue weighted by Crippen LogP contribution is 2.32. The van der Waals surface area contributed by atoms with Crippen molar-refractivity contribution >= 4 is 11.8 Å². The monoisotopic (exact) mass is 185 g/mol. The third-order valence-electron chi connectivity index (χ3n) is 1.81. The van der Waals surface area contributed by atoms with Gasteiger partial charge < -0.3 is 9.30 Å². The Hall–Kier alpha value is -0.550. The van der Waals surface area contributed by atoms with Gasteiger partial charge in [-0.25, -0.2) is 0 Å². The average molecular weight is 185 g/mol. The molecule has 1 aliphatic rings. The Labute approximate surface area is 75.3 Å². The second kappa shape index (κ2) is 2.74. The van der Waals surface area contributed by atoms with E-state index in [9.17, 15) is 0 Å². The van der Waals surface area contributed by atoms with E-state index in [1.165, 1.54) is 0 Å². The smallest absolute Gasteiger partial charge is 0.190 e.